The van der Waals surface area contributed by atoms with Gasteiger partial charge in [0.25, 0.3) is 0 Å². The first-order chi connectivity index (χ1) is 19.4. The van der Waals surface area contributed by atoms with Crippen molar-refractivity contribution in [3.63, 3.8) is 0 Å². The highest BCUT2D eigenvalue weighted by atomic mass is 16.5. The third-order valence-electron chi connectivity index (χ3n) is 8.35. The van der Waals surface area contributed by atoms with E-state index < -0.39 is 40.6 Å². The van der Waals surface area contributed by atoms with E-state index in [4.69, 9.17) is 9.47 Å². The molecule has 0 aliphatic carbocycles. The summed E-state index contributed by atoms with van der Waals surface area (Å²) in [6.45, 7) is 1.29. The van der Waals surface area contributed by atoms with Crippen LogP contribution in [0.2, 0.25) is 0 Å². The molecule has 0 spiro atoms. The second kappa shape index (κ2) is 11.2. The van der Waals surface area contributed by atoms with Crippen LogP contribution in [0.4, 0.5) is 0 Å². The van der Waals surface area contributed by atoms with Crippen molar-refractivity contribution in [2.45, 2.75) is 31.5 Å². The summed E-state index contributed by atoms with van der Waals surface area (Å²) in [6.07, 6.45) is 5.22. The maximum atomic E-state index is 15.1. The van der Waals surface area contributed by atoms with Crippen molar-refractivity contribution in [2.75, 3.05) is 34.4 Å². The van der Waals surface area contributed by atoms with E-state index in [0.29, 0.717) is 31.0 Å². The number of ketones is 1. The van der Waals surface area contributed by atoms with E-state index in [1.807, 2.05) is 42.3 Å². The largest absolute Gasteiger partial charge is 0.468 e. The van der Waals surface area contributed by atoms with Crippen molar-refractivity contribution >= 4 is 17.7 Å². The van der Waals surface area contributed by atoms with Crippen molar-refractivity contribution in [2.24, 2.45) is 10.8 Å². The molecule has 2 fully saturated rings. The molecule has 5 rings (SSSR count). The molecular weight excluding hydrogens is 510 g/mol. The highest BCUT2D eigenvalue weighted by Crippen LogP contribution is 2.60. The standard InChI is InChI=1S/C30H33N5O5/c1-34-24(22-11-5-8-16-32-22)29(27(37)39-2)13-18-35(20-21-10-4-7-15-31-21)19-14-30(26(29)36,28(38)40-3)25(34)23-12-6-9-17-33-23/h4-12,15-17,24-25H,13-14,18-20H2,1-3H3. The summed E-state index contributed by atoms with van der Waals surface area (Å²) in [7, 11) is 4.36. The summed E-state index contributed by atoms with van der Waals surface area (Å²) in [5.41, 5.74) is -1.57. The number of carbonyl (C=O) groups is 3. The molecule has 40 heavy (non-hydrogen) atoms. The number of aromatic nitrogens is 3. The van der Waals surface area contributed by atoms with Crippen molar-refractivity contribution in [3.05, 3.63) is 90.3 Å². The zero-order valence-corrected chi connectivity index (χ0v) is 22.9. The lowest BCUT2D eigenvalue weighted by molar-refractivity contribution is -0.194. The van der Waals surface area contributed by atoms with E-state index in [-0.39, 0.29) is 12.8 Å². The average Bonchev–Trinajstić information content (AvgIpc) is 3.00. The summed E-state index contributed by atoms with van der Waals surface area (Å²) >= 11 is 0. The van der Waals surface area contributed by atoms with E-state index >= 15 is 4.79 Å². The van der Waals surface area contributed by atoms with Gasteiger partial charge in [0.05, 0.1) is 43.4 Å². The summed E-state index contributed by atoms with van der Waals surface area (Å²) < 4.78 is 10.7. The third kappa shape index (κ3) is 4.37. The first-order valence-corrected chi connectivity index (χ1v) is 13.3. The molecule has 4 unspecified atom stereocenters. The summed E-state index contributed by atoms with van der Waals surface area (Å²) in [4.78, 5) is 60.7. The second-order valence-electron chi connectivity index (χ2n) is 10.3. The summed E-state index contributed by atoms with van der Waals surface area (Å²) in [5.74, 6) is -1.92. The molecule has 2 aliphatic rings. The Kier molecular flexibility index (Phi) is 7.73. The van der Waals surface area contributed by atoms with Crippen molar-refractivity contribution in [1.29, 1.82) is 0 Å². The Morgan fingerprint density at radius 2 is 1.27 bits per heavy atom. The highest BCUT2D eigenvalue weighted by molar-refractivity contribution is 6.16. The lowest BCUT2D eigenvalue weighted by Gasteiger charge is -2.57. The summed E-state index contributed by atoms with van der Waals surface area (Å²) in [5, 5.41) is 0. The fraction of sp³-hybridized carbons (Fsp3) is 0.400. The molecule has 5 heterocycles. The molecule has 10 nitrogen and oxygen atoms in total. The van der Waals surface area contributed by atoms with Crippen molar-refractivity contribution in [1.82, 2.24) is 24.8 Å². The topological polar surface area (TPSA) is 115 Å². The number of ether oxygens (including phenoxy) is 2. The van der Waals surface area contributed by atoms with E-state index in [0.717, 1.165) is 5.69 Å². The van der Waals surface area contributed by atoms with E-state index in [1.54, 1.807) is 42.9 Å². The van der Waals surface area contributed by atoms with Gasteiger partial charge in [-0.15, -0.1) is 0 Å². The number of hydrogen-bond donors (Lipinski definition) is 0. The first-order valence-electron chi connectivity index (χ1n) is 13.3. The predicted octanol–water partition coefficient (Wildman–Crippen LogP) is 2.78. The normalized spacial score (nSPS) is 27.3. The molecule has 2 saturated heterocycles. The maximum absolute atomic E-state index is 15.1. The number of esters is 2. The van der Waals surface area contributed by atoms with Gasteiger partial charge in [-0.25, -0.2) is 0 Å². The van der Waals surface area contributed by atoms with Gasteiger partial charge in [-0.3, -0.25) is 39.1 Å². The van der Waals surface area contributed by atoms with Crippen LogP contribution in [0, 0.1) is 10.8 Å². The molecule has 4 atom stereocenters. The molecule has 0 N–H and O–H groups in total. The van der Waals surface area contributed by atoms with Crippen LogP contribution in [0.3, 0.4) is 0 Å². The Hall–Kier alpha value is -4.02. The fourth-order valence-corrected chi connectivity index (χ4v) is 6.63. The van der Waals surface area contributed by atoms with E-state index in [9.17, 15) is 9.59 Å². The van der Waals surface area contributed by atoms with Crippen molar-refractivity contribution < 1.29 is 23.9 Å². The summed E-state index contributed by atoms with van der Waals surface area (Å²) in [6, 6.07) is 14.8. The van der Waals surface area contributed by atoms with Gasteiger partial charge in [-0.05, 0) is 56.3 Å². The lowest BCUT2D eigenvalue weighted by Crippen LogP contribution is -2.68. The predicted molar refractivity (Wildman–Crippen MR) is 144 cm³/mol. The Morgan fingerprint density at radius 3 is 1.68 bits per heavy atom. The number of Topliss-reactive ketones (excluding diaryl/α,β-unsaturated/α-hetero) is 1. The number of rotatable bonds is 6. The number of carbonyl (C=O) groups excluding carboxylic acids is 3. The quantitative estimate of drug-likeness (QED) is 0.340. The zero-order chi connectivity index (χ0) is 28.3. The van der Waals surface area contributed by atoms with Crippen LogP contribution >= 0.6 is 0 Å². The Labute approximate surface area is 233 Å². The molecule has 3 aromatic rings. The van der Waals surface area contributed by atoms with E-state index in [2.05, 4.69) is 19.9 Å². The average molecular weight is 544 g/mol. The minimum Gasteiger partial charge on any atom is -0.468 e. The Balaban J connectivity index is 1.76. The van der Waals surface area contributed by atoms with E-state index in [1.165, 1.54) is 14.2 Å². The van der Waals surface area contributed by atoms with Gasteiger partial charge >= 0.3 is 11.9 Å². The highest BCUT2D eigenvalue weighted by Gasteiger charge is 2.72. The molecule has 208 valence electrons. The van der Waals surface area contributed by atoms with Crippen LogP contribution in [-0.2, 0) is 30.4 Å². The molecule has 0 radical (unpaired) electrons. The van der Waals surface area contributed by atoms with Crippen molar-refractivity contribution in [3.8, 4) is 0 Å². The van der Waals surface area contributed by atoms with Gasteiger partial charge in [0.2, 0.25) is 0 Å². The van der Waals surface area contributed by atoms with Gasteiger partial charge in [0.1, 0.15) is 10.8 Å². The number of hydrogen-bond acceptors (Lipinski definition) is 10. The minimum absolute atomic E-state index is 0.116. The van der Waals surface area contributed by atoms with Crippen LogP contribution in [-0.4, -0.2) is 76.8 Å². The zero-order valence-electron chi connectivity index (χ0n) is 22.9. The molecule has 0 saturated carbocycles. The molecular formula is C30H33N5O5. The fourth-order valence-electron chi connectivity index (χ4n) is 6.63. The van der Waals surface area contributed by atoms with Crippen LogP contribution in [0.15, 0.2) is 73.2 Å². The monoisotopic (exact) mass is 543 g/mol. The third-order valence-corrected chi connectivity index (χ3v) is 8.35. The smallest absolute Gasteiger partial charge is 0.321 e. The van der Waals surface area contributed by atoms with Gasteiger partial charge in [0, 0.05) is 38.2 Å². The van der Waals surface area contributed by atoms with Gasteiger partial charge in [-0.2, -0.15) is 0 Å². The first kappa shape index (κ1) is 27.5. The number of fused-ring (bicyclic) bond motifs is 2. The number of likely N-dealkylation sites (tertiary alicyclic amines) is 2. The van der Waals surface area contributed by atoms with Crippen LogP contribution in [0.5, 0.6) is 0 Å². The second-order valence-corrected chi connectivity index (χ2v) is 10.3. The molecule has 0 aromatic carbocycles. The van der Waals surface area contributed by atoms with Gasteiger partial charge in [-0.1, -0.05) is 18.2 Å². The van der Waals surface area contributed by atoms with Crippen LogP contribution in [0.25, 0.3) is 0 Å². The number of methoxy groups -OCH3 is 2. The molecule has 3 aromatic heterocycles. The molecule has 2 bridgehead atoms. The van der Waals surface area contributed by atoms with Gasteiger partial charge < -0.3 is 9.47 Å². The van der Waals surface area contributed by atoms with Crippen LogP contribution in [0.1, 0.15) is 42.0 Å². The van der Waals surface area contributed by atoms with Gasteiger partial charge in [0.15, 0.2) is 5.78 Å². The molecule has 2 aliphatic heterocycles. The minimum atomic E-state index is -1.74. The molecule has 10 heteroatoms. The number of nitrogens with zero attached hydrogens (tertiary/aromatic N) is 5. The van der Waals surface area contributed by atoms with Crippen LogP contribution < -0.4 is 0 Å². The Morgan fingerprint density at radius 1 is 0.800 bits per heavy atom. The number of pyridine rings is 3. The SMILES string of the molecule is COC(=O)C12CCN(Cc3ccccn3)CCC(C(=O)OC)(C1=O)C(c1ccccn1)N(C)C2c1ccccn1. The Bertz CT molecular complexity index is 1280. The lowest BCUT2D eigenvalue weighted by atomic mass is 9.54. The molecule has 0 amide bonds. The number of piperidine rings is 1. The maximum Gasteiger partial charge on any atom is 0.321 e.